The number of hydrogen-bond acceptors (Lipinski definition) is 5. The molecule has 0 aromatic heterocycles. The van der Waals surface area contributed by atoms with Crippen molar-refractivity contribution in [1.29, 1.82) is 0 Å². The van der Waals surface area contributed by atoms with Gasteiger partial charge in [0.15, 0.2) is 0 Å². The molecule has 8 nitrogen and oxygen atoms in total. The van der Waals surface area contributed by atoms with Crippen molar-refractivity contribution in [3.05, 3.63) is 0 Å². The Balaban J connectivity index is 2.56. The van der Waals surface area contributed by atoms with E-state index in [1.54, 1.807) is 0 Å². The van der Waals surface area contributed by atoms with Crippen LogP contribution in [-0.4, -0.2) is 55.4 Å². The van der Waals surface area contributed by atoms with Gasteiger partial charge in [0.1, 0.15) is 21.9 Å². The average Bonchev–Trinajstić information content (AvgIpc) is 2.69. The summed E-state index contributed by atoms with van der Waals surface area (Å²) in [5.74, 6) is -2.50. The minimum atomic E-state index is -3.30. The zero-order valence-corrected chi connectivity index (χ0v) is 11.2. The molecule has 2 amide bonds. The van der Waals surface area contributed by atoms with Gasteiger partial charge in [0.05, 0.1) is 5.75 Å². The topological polar surface area (TPSA) is 130 Å². The number of rotatable bonds is 6. The van der Waals surface area contributed by atoms with Gasteiger partial charge in [-0.1, -0.05) is 0 Å². The third-order valence-electron chi connectivity index (χ3n) is 2.70. The Labute approximate surface area is 110 Å². The number of sulfone groups is 1. The van der Waals surface area contributed by atoms with Gasteiger partial charge in [-0.15, -0.1) is 0 Å². The van der Waals surface area contributed by atoms with Gasteiger partial charge in [-0.05, 0) is 12.8 Å². The Morgan fingerprint density at radius 1 is 1.53 bits per heavy atom. The lowest BCUT2D eigenvalue weighted by Crippen LogP contribution is -2.49. The van der Waals surface area contributed by atoms with Crippen molar-refractivity contribution < 1.29 is 27.9 Å². The molecule has 1 fully saturated rings. The van der Waals surface area contributed by atoms with Crippen LogP contribution in [0.1, 0.15) is 19.3 Å². The van der Waals surface area contributed by atoms with E-state index in [9.17, 15) is 22.8 Å². The van der Waals surface area contributed by atoms with Crippen LogP contribution in [0.5, 0.6) is 0 Å². The normalized spacial score (nSPS) is 20.7. The summed E-state index contributed by atoms with van der Waals surface area (Å²) in [6, 6.07) is -2.02. The zero-order valence-electron chi connectivity index (χ0n) is 10.4. The SMILES string of the molecule is CS(=O)(=O)CCC(NC(=O)C1CCC(=O)N1)C(=O)O. The van der Waals surface area contributed by atoms with Crippen molar-refractivity contribution in [3.63, 3.8) is 0 Å². The summed E-state index contributed by atoms with van der Waals surface area (Å²) in [4.78, 5) is 33.6. The van der Waals surface area contributed by atoms with Gasteiger partial charge in [0.2, 0.25) is 11.8 Å². The lowest BCUT2D eigenvalue weighted by Gasteiger charge is -2.17. The zero-order chi connectivity index (χ0) is 14.6. The predicted octanol–water partition coefficient (Wildman–Crippen LogP) is -1.73. The molecule has 2 atom stereocenters. The largest absolute Gasteiger partial charge is 0.480 e. The standard InChI is InChI=1S/C10H16N2O6S/c1-19(17,18)5-4-7(10(15)16)12-9(14)6-2-3-8(13)11-6/h6-7H,2-5H2,1H3,(H,11,13)(H,12,14)(H,15,16). The first kappa shape index (κ1) is 15.4. The van der Waals surface area contributed by atoms with Crippen LogP contribution in [0.4, 0.5) is 0 Å². The Hall–Kier alpha value is -1.64. The fraction of sp³-hybridized carbons (Fsp3) is 0.700. The molecule has 0 saturated carbocycles. The summed E-state index contributed by atoms with van der Waals surface area (Å²) in [5.41, 5.74) is 0. The average molecular weight is 292 g/mol. The molecule has 0 radical (unpaired) electrons. The van der Waals surface area contributed by atoms with Crippen molar-refractivity contribution in [2.75, 3.05) is 12.0 Å². The third kappa shape index (κ3) is 5.25. The van der Waals surface area contributed by atoms with Crippen molar-refractivity contribution in [3.8, 4) is 0 Å². The summed E-state index contributed by atoms with van der Waals surface area (Å²) in [7, 11) is -3.30. The summed E-state index contributed by atoms with van der Waals surface area (Å²) < 4.78 is 22.0. The first-order valence-electron chi connectivity index (χ1n) is 5.69. The predicted molar refractivity (Wildman–Crippen MR) is 65.1 cm³/mol. The molecule has 3 N–H and O–H groups in total. The van der Waals surface area contributed by atoms with Gasteiger partial charge >= 0.3 is 5.97 Å². The molecular formula is C10H16N2O6S. The number of carbonyl (C=O) groups is 3. The maximum Gasteiger partial charge on any atom is 0.326 e. The van der Waals surface area contributed by atoms with Gasteiger partial charge in [-0.2, -0.15) is 0 Å². The molecule has 1 saturated heterocycles. The van der Waals surface area contributed by atoms with Crippen LogP contribution in [0.15, 0.2) is 0 Å². The second-order valence-electron chi connectivity index (χ2n) is 4.48. The van der Waals surface area contributed by atoms with Crippen LogP contribution < -0.4 is 10.6 Å². The van der Waals surface area contributed by atoms with Gasteiger partial charge in [0, 0.05) is 12.7 Å². The number of hydrogen-bond donors (Lipinski definition) is 3. The second kappa shape index (κ2) is 6.00. The maximum atomic E-state index is 11.7. The van der Waals surface area contributed by atoms with Gasteiger partial charge in [-0.3, -0.25) is 9.59 Å². The second-order valence-corrected chi connectivity index (χ2v) is 6.74. The van der Waals surface area contributed by atoms with E-state index in [-0.39, 0.29) is 24.5 Å². The van der Waals surface area contributed by atoms with Gasteiger partial charge in [0.25, 0.3) is 0 Å². The Morgan fingerprint density at radius 3 is 2.58 bits per heavy atom. The summed E-state index contributed by atoms with van der Waals surface area (Å²) >= 11 is 0. The van der Waals surface area contributed by atoms with Crippen molar-refractivity contribution in [2.24, 2.45) is 0 Å². The summed E-state index contributed by atoms with van der Waals surface area (Å²) in [6.07, 6.45) is 1.31. The van der Waals surface area contributed by atoms with Crippen LogP contribution in [-0.2, 0) is 24.2 Å². The smallest absolute Gasteiger partial charge is 0.326 e. The number of nitrogens with one attached hydrogen (secondary N) is 2. The number of carbonyl (C=O) groups excluding carboxylic acids is 2. The van der Waals surface area contributed by atoms with E-state index in [1.165, 1.54) is 0 Å². The van der Waals surface area contributed by atoms with E-state index < -0.39 is 33.8 Å². The Bertz CT molecular complexity index is 486. The van der Waals surface area contributed by atoms with E-state index in [0.29, 0.717) is 6.42 Å². The highest BCUT2D eigenvalue weighted by Crippen LogP contribution is 2.07. The molecule has 0 spiro atoms. The first-order chi connectivity index (χ1) is 8.69. The molecule has 108 valence electrons. The van der Waals surface area contributed by atoms with Crippen LogP contribution >= 0.6 is 0 Å². The maximum absolute atomic E-state index is 11.7. The van der Waals surface area contributed by atoms with Crippen molar-refractivity contribution in [2.45, 2.75) is 31.3 Å². The monoisotopic (exact) mass is 292 g/mol. The third-order valence-corrected chi connectivity index (χ3v) is 3.68. The van der Waals surface area contributed by atoms with E-state index in [2.05, 4.69) is 10.6 Å². The van der Waals surface area contributed by atoms with Crippen LogP contribution in [0, 0.1) is 0 Å². The van der Waals surface area contributed by atoms with E-state index in [0.717, 1.165) is 6.26 Å². The fourth-order valence-electron chi connectivity index (χ4n) is 1.67. The number of aliphatic carboxylic acids is 1. The molecule has 0 aromatic rings. The lowest BCUT2D eigenvalue weighted by atomic mass is 10.1. The molecular weight excluding hydrogens is 276 g/mol. The van der Waals surface area contributed by atoms with Crippen LogP contribution in [0.3, 0.4) is 0 Å². The highest BCUT2D eigenvalue weighted by molar-refractivity contribution is 7.90. The molecule has 2 unspecified atom stereocenters. The molecule has 19 heavy (non-hydrogen) atoms. The molecule has 0 aliphatic carbocycles. The number of carboxylic acid groups (broad SMARTS) is 1. The minimum Gasteiger partial charge on any atom is -0.480 e. The van der Waals surface area contributed by atoms with Crippen LogP contribution in [0.25, 0.3) is 0 Å². The molecule has 9 heteroatoms. The quantitative estimate of drug-likeness (QED) is 0.533. The lowest BCUT2D eigenvalue weighted by molar-refractivity contribution is -0.142. The van der Waals surface area contributed by atoms with Gasteiger partial charge < -0.3 is 15.7 Å². The molecule has 1 heterocycles. The Kier molecular flexibility index (Phi) is 4.87. The fourth-order valence-corrected chi connectivity index (χ4v) is 2.34. The van der Waals surface area contributed by atoms with Crippen molar-refractivity contribution in [1.82, 2.24) is 10.6 Å². The molecule has 0 aromatic carbocycles. The first-order valence-corrected chi connectivity index (χ1v) is 7.75. The van der Waals surface area contributed by atoms with Crippen LogP contribution in [0.2, 0.25) is 0 Å². The number of amides is 2. The molecule has 1 aliphatic heterocycles. The molecule has 1 rings (SSSR count). The molecule has 0 bridgehead atoms. The highest BCUT2D eigenvalue weighted by atomic mass is 32.2. The number of carboxylic acids is 1. The summed E-state index contributed by atoms with van der Waals surface area (Å²) in [5, 5.41) is 13.6. The van der Waals surface area contributed by atoms with E-state index in [1.807, 2.05) is 0 Å². The van der Waals surface area contributed by atoms with Gasteiger partial charge in [-0.25, -0.2) is 13.2 Å². The minimum absolute atomic E-state index is 0.208. The van der Waals surface area contributed by atoms with E-state index >= 15 is 0 Å². The van der Waals surface area contributed by atoms with Crippen molar-refractivity contribution >= 4 is 27.6 Å². The van der Waals surface area contributed by atoms with E-state index in [4.69, 9.17) is 5.11 Å². The molecule has 1 aliphatic rings. The Morgan fingerprint density at radius 2 is 2.16 bits per heavy atom. The highest BCUT2D eigenvalue weighted by Gasteiger charge is 2.30. The summed E-state index contributed by atoms with van der Waals surface area (Å²) in [6.45, 7) is 0.